The minimum absolute atomic E-state index is 0.000474. The summed E-state index contributed by atoms with van der Waals surface area (Å²) >= 11 is 0. The average Bonchev–Trinajstić information content (AvgIpc) is 2.52. The second-order valence-electron chi connectivity index (χ2n) is 4.67. The highest BCUT2D eigenvalue weighted by Crippen LogP contribution is 2.29. The van der Waals surface area contributed by atoms with E-state index in [-0.39, 0.29) is 12.1 Å². The van der Waals surface area contributed by atoms with Gasteiger partial charge in [-0.3, -0.25) is 0 Å². The van der Waals surface area contributed by atoms with Crippen LogP contribution in [0.1, 0.15) is 18.5 Å². The number of hydrogen-bond donors (Lipinski definition) is 1. The second-order valence-corrected chi connectivity index (χ2v) is 4.67. The molecule has 1 aliphatic heterocycles. The molecule has 2 rings (SSSR count). The molecule has 2 atom stereocenters. The highest BCUT2D eigenvalue weighted by Gasteiger charge is 2.26. The van der Waals surface area contributed by atoms with Gasteiger partial charge in [0.2, 0.25) is 0 Å². The van der Waals surface area contributed by atoms with Gasteiger partial charge in [0, 0.05) is 6.07 Å². The Kier molecular flexibility index (Phi) is 5.64. The molecule has 1 N–H and O–H groups in total. The Labute approximate surface area is 120 Å². The standard InChI is InChI=1S/C15H23NO4/c1-4-16-15(14-10-19-5-6-20-14)11-7-12(17-2)9-13(8-11)18-3/h7-9,14-16H,4-6,10H2,1-3H3. The number of rotatable bonds is 6. The summed E-state index contributed by atoms with van der Waals surface area (Å²) in [6, 6.07) is 5.94. The average molecular weight is 281 g/mol. The van der Waals surface area contributed by atoms with Crippen LogP contribution >= 0.6 is 0 Å². The fourth-order valence-electron chi connectivity index (χ4n) is 2.39. The van der Waals surface area contributed by atoms with E-state index in [1.54, 1.807) is 14.2 Å². The minimum atomic E-state index is 0.000474. The summed E-state index contributed by atoms with van der Waals surface area (Å²) in [5, 5.41) is 3.46. The van der Waals surface area contributed by atoms with E-state index >= 15 is 0 Å². The van der Waals surface area contributed by atoms with Crippen LogP contribution in [0.25, 0.3) is 0 Å². The topological polar surface area (TPSA) is 49.0 Å². The quantitative estimate of drug-likeness (QED) is 0.861. The maximum absolute atomic E-state index is 5.82. The zero-order valence-corrected chi connectivity index (χ0v) is 12.3. The van der Waals surface area contributed by atoms with E-state index in [1.807, 2.05) is 18.2 Å². The van der Waals surface area contributed by atoms with Gasteiger partial charge >= 0.3 is 0 Å². The van der Waals surface area contributed by atoms with E-state index in [0.29, 0.717) is 19.8 Å². The maximum Gasteiger partial charge on any atom is 0.122 e. The highest BCUT2D eigenvalue weighted by molar-refractivity contribution is 5.40. The Morgan fingerprint density at radius 2 is 1.90 bits per heavy atom. The summed E-state index contributed by atoms with van der Waals surface area (Å²) < 4.78 is 22.0. The van der Waals surface area contributed by atoms with Crippen molar-refractivity contribution in [1.29, 1.82) is 0 Å². The molecule has 0 bridgehead atoms. The fourth-order valence-corrected chi connectivity index (χ4v) is 2.39. The normalized spacial score (nSPS) is 20.4. The Morgan fingerprint density at radius 1 is 1.20 bits per heavy atom. The third-order valence-corrected chi connectivity index (χ3v) is 3.37. The molecule has 20 heavy (non-hydrogen) atoms. The molecule has 0 radical (unpaired) electrons. The molecular weight excluding hydrogens is 258 g/mol. The van der Waals surface area contributed by atoms with E-state index < -0.39 is 0 Å². The predicted octanol–water partition coefficient (Wildman–Crippen LogP) is 1.77. The van der Waals surface area contributed by atoms with Crippen LogP contribution in [-0.4, -0.2) is 46.7 Å². The largest absolute Gasteiger partial charge is 0.497 e. The van der Waals surface area contributed by atoms with Crippen molar-refractivity contribution in [2.45, 2.75) is 19.1 Å². The molecule has 0 amide bonds. The van der Waals surface area contributed by atoms with Crippen molar-refractivity contribution in [2.75, 3.05) is 40.6 Å². The fraction of sp³-hybridized carbons (Fsp3) is 0.600. The summed E-state index contributed by atoms with van der Waals surface area (Å²) in [4.78, 5) is 0. The van der Waals surface area contributed by atoms with E-state index in [4.69, 9.17) is 18.9 Å². The van der Waals surface area contributed by atoms with Crippen LogP contribution in [-0.2, 0) is 9.47 Å². The van der Waals surface area contributed by atoms with Crippen molar-refractivity contribution in [1.82, 2.24) is 5.32 Å². The molecule has 0 saturated carbocycles. The lowest BCUT2D eigenvalue weighted by molar-refractivity contribution is -0.102. The van der Waals surface area contributed by atoms with Gasteiger partial charge in [-0.05, 0) is 24.2 Å². The lowest BCUT2D eigenvalue weighted by Gasteiger charge is -2.31. The minimum Gasteiger partial charge on any atom is -0.497 e. The first kappa shape index (κ1) is 15.1. The molecular formula is C15H23NO4. The highest BCUT2D eigenvalue weighted by atomic mass is 16.6. The van der Waals surface area contributed by atoms with Gasteiger partial charge in [0.15, 0.2) is 0 Å². The van der Waals surface area contributed by atoms with E-state index in [9.17, 15) is 0 Å². The van der Waals surface area contributed by atoms with Crippen LogP contribution in [0, 0.1) is 0 Å². The van der Waals surface area contributed by atoms with Crippen LogP contribution < -0.4 is 14.8 Å². The second kappa shape index (κ2) is 7.47. The van der Waals surface area contributed by atoms with Crippen LogP contribution in [0.15, 0.2) is 18.2 Å². The zero-order chi connectivity index (χ0) is 14.4. The van der Waals surface area contributed by atoms with Gasteiger partial charge in [-0.25, -0.2) is 0 Å². The molecule has 0 aromatic heterocycles. The van der Waals surface area contributed by atoms with Crippen LogP contribution in [0.3, 0.4) is 0 Å². The summed E-state index contributed by atoms with van der Waals surface area (Å²) in [5.74, 6) is 1.55. The summed E-state index contributed by atoms with van der Waals surface area (Å²) in [7, 11) is 3.31. The molecule has 5 nitrogen and oxygen atoms in total. The number of likely N-dealkylation sites (N-methyl/N-ethyl adjacent to an activating group) is 1. The van der Waals surface area contributed by atoms with E-state index in [1.165, 1.54) is 0 Å². The first-order chi connectivity index (χ1) is 9.78. The molecule has 112 valence electrons. The number of hydrogen-bond acceptors (Lipinski definition) is 5. The molecule has 0 aliphatic carbocycles. The smallest absolute Gasteiger partial charge is 0.122 e. The SMILES string of the molecule is CCNC(c1cc(OC)cc(OC)c1)C1COCCO1. The molecule has 2 unspecified atom stereocenters. The Hall–Kier alpha value is -1.30. The molecule has 1 fully saturated rings. The molecule has 1 saturated heterocycles. The third kappa shape index (κ3) is 3.62. The Morgan fingerprint density at radius 3 is 2.40 bits per heavy atom. The lowest BCUT2D eigenvalue weighted by Crippen LogP contribution is -2.40. The van der Waals surface area contributed by atoms with Crippen LogP contribution in [0.5, 0.6) is 11.5 Å². The molecule has 1 aromatic rings. The van der Waals surface area contributed by atoms with Crippen molar-refractivity contribution in [3.05, 3.63) is 23.8 Å². The van der Waals surface area contributed by atoms with Gasteiger partial charge in [-0.15, -0.1) is 0 Å². The third-order valence-electron chi connectivity index (χ3n) is 3.37. The number of ether oxygens (including phenoxy) is 4. The van der Waals surface area contributed by atoms with E-state index in [0.717, 1.165) is 23.6 Å². The summed E-state index contributed by atoms with van der Waals surface area (Å²) in [6.45, 7) is 4.82. The zero-order valence-electron chi connectivity index (χ0n) is 12.3. The summed E-state index contributed by atoms with van der Waals surface area (Å²) in [5.41, 5.74) is 1.08. The molecule has 0 spiro atoms. The van der Waals surface area contributed by atoms with Crippen molar-refractivity contribution in [2.24, 2.45) is 0 Å². The maximum atomic E-state index is 5.82. The van der Waals surface area contributed by atoms with Gasteiger partial charge in [-0.1, -0.05) is 6.92 Å². The van der Waals surface area contributed by atoms with Crippen molar-refractivity contribution < 1.29 is 18.9 Å². The number of methoxy groups -OCH3 is 2. The van der Waals surface area contributed by atoms with Gasteiger partial charge in [0.1, 0.15) is 17.6 Å². The van der Waals surface area contributed by atoms with Gasteiger partial charge in [-0.2, -0.15) is 0 Å². The van der Waals surface area contributed by atoms with Gasteiger partial charge in [0.05, 0.1) is 40.1 Å². The van der Waals surface area contributed by atoms with Crippen molar-refractivity contribution in [3.8, 4) is 11.5 Å². The Bertz CT molecular complexity index is 396. The van der Waals surface area contributed by atoms with Crippen LogP contribution in [0.4, 0.5) is 0 Å². The molecule has 1 aliphatic rings. The predicted molar refractivity (Wildman–Crippen MR) is 76.5 cm³/mol. The van der Waals surface area contributed by atoms with Crippen molar-refractivity contribution >= 4 is 0 Å². The van der Waals surface area contributed by atoms with E-state index in [2.05, 4.69) is 12.2 Å². The molecule has 1 heterocycles. The van der Waals surface area contributed by atoms with Crippen molar-refractivity contribution in [3.63, 3.8) is 0 Å². The molecule has 5 heteroatoms. The lowest BCUT2D eigenvalue weighted by atomic mass is 10.0. The first-order valence-electron chi connectivity index (χ1n) is 6.94. The number of benzene rings is 1. The number of nitrogens with one attached hydrogen (secondary N) is 1. The van der Waals surface area contributed by atoms with Crippen LogP contribution in [0.2, 0.25) is 0 Å². The monoisotopic (exact) mass is 281 g/mol. The summed E-state index contributed by atoms with van der Waals surface area (Å²) in [6.07, 6.45) is 0.000474. The first-order valence-corrected chi connectivity index (χ1v) is 6.94. The Balaban J connectivity index is 2.27. The van der Waals surface area contributed by atoms with Gasteiger partial charge < -0.3 is 24.3 Å². The van der Waals surface area contributed by atoms with Gasteiger partial charge in [0.25, 0.3) is 0 Å². The molecule has 1 aromatic carbocycles.